The molecule has 0 spiro atoms. The van der Waals surface area contributed by atoms with Crippen LogP contribution in [-0.4, -0.2) is 16.5 Å². The third-order valence-electron chi connectivity index (χ3n) is 2.37. The van der Waals surface area contributed by atoms with Crippen molar-refractivity contribution in [2.75, 3.05) is 6.54 Å². The van der Waals surface area contributed by atoms with E-state index in [2.05, 4.69) is 46.5 Å². The molecule has 2 rings (SSSR count). The van der Waals surface area contributed by atoms with Gasteiger partial charge in [0.05, 0.1) is 11.9 Å². The summed E-state index contributed by atoms with van der Waals surface area (Å²) in [5.74, 6) is 0. The third kappa shape index (κ3) is 2.64. The monoisotopic (exact) mass is 213 g/mol. The van der Waals surface area contributed by atoms with Gasteiger partial charge in [0, 0.05) is 24.5 Å². The Kier molecular flexibility index (Phi) is 3.62. The highest BCUT2D eigenvalue weighted by Crippen LogP contribution is 2.16. The molecule has 1 aromatic heterocycles. The second-order valence-corrected chi connectivity index (χ2v) is 3.57. The third-order valence-corrected chi connectivity index (χ3v) is 2.37. The van der Waals surface area contributed by atoms with Crippen molar-refractivity contribution in [3.05, 3.63) is 48.4 Å². The summed E-state index contributed by atoms with van der Waals surface area (Å²) in [5.41, 5.74) is 3.30. The Bertz CT molecular complexity index is 440. The minimum absolute atomic E-state index is 0.893. The number of rotatable bonds is 4. The van der Waals surface area contributed by atoms with Gasteiger partial charge >= 0.3 is 0 Å². The van der Waals surface area contributed by atoms with E-state index in [9.17, 15) is 0 Å². The molecule has 0 saturated carbocycles. The van der Waals surface area contributed by atoms with Crippen LogP contribution in [0.5, 0.6) is 0 Å². The van der Waals surface area contributed by atoms with E-state index in [4.69, 9.17) is 0 Å². The normalized spacial score (nSPS) is 10.3. The number of hydrogen-bond donors (Lipinski definition) is 1. The lowest BCUT2D eigenvalue weighted by molar-refractivity contribution is 0.727. The van der Waals surface area contributed by atoms with Gasteiger partial charge in [0.15, 0.2) is 0 Å². The van der Waals surface area contributed by atoms with Crippen LogP contribution in [0, 0.1) is 0 Å². The number of nitrogens with zero attached hydrogens (tertiary/aromatic N) is 2. The quantitative estimate of drug-likeness (QED) is 0.846. The Morgan fingerprint density at radius 1 is 1.25 bits per heavy atom. The molecule has 1 N–H and O–H groups in total. The molecule has 1 aromatic carbocycles. The zero-order chi connectivity index (χ0) is 11.2. The Morgan fingerprint density at radius 2 is 2.19 bits per heavy atom. The molecule has 0 radical (unpaired) electrons. The average molecular weight is 213 g/mol. The second kappa shape index (κ2) is 5.37. The molecular formula is C13H15N3. The van der Waals surface area contributed by atoms with Crippen molar-refractivity contribution in [1.82, 2.24) is 15.3 Å². The smallest absolute Gasteiger partial charge is 0.0885 e. The Hall–Kier alpha value is -1.74. The van der Waals surface area contributed by atoms with E-state index in [0.29, 0.717) is 0 Å². The zero-order valence-corrected chi connectivity index (χ0v) is 9.35. The summed E-state index contributed by atoms with van der Waals surface area (Å²) in [6.07, 6.45) is 5.19. The maximum absolute atomic E-state index is 4.29. The van der Waals surface area contributed by atoms with Gasteiger partial charge in [-0.25, -0.2) is 0 Å². The number of aromatic nitrogens is 2. The van der Waals surface area contributed by atoms with Crippen LogP contribution in [0.25, 0.3) is 11.3 Å². The molecule has 0 aliphatic rings. The van der Waals surface area contributed by atoms with Crippen molar-refractivity contribution in [3.63, 3.8) is 0 Å². The fourth-order valence-electron chi connectivity index (χ4n) is 1.56. The summed E-state index contributed by atoms with van der Waals surface area (Å²) in [4.78, 5) is 8.36. The highest BCUT2D eigenvalue weighted by molar-refractivity contribution is 5.58. The average Bonchev–Trinajstić information content (AvgIpc) is 2.38. The van der Waals surface area contributed by atoms with E-state index >= 15 is 0 Å². The summed E-state index contributed by atoms with van der Waals surface area (Å²) in [6.45, 7) is 3.98. The highest BCUT2D eigenvalue weighted by Gasteiger charge is 1.99. The molecule has 0 aliphatic heterocycles. The molecule has 0 bridgehead atoms. The lowest BCUT2D eigenvalue weighted by Crippen LogP contribution is -2.11. The Labute approximate surface area is 95.6 Å². The topological polar surface area (TPSA) is 37.8 Å². The van der Waals surface area contributed by atoms with Gasteiger partial charge < -0.3 is 5.32 Å². The van der Waals surface area contributed by atoms with Crippen LogP contribution in [-0.2, 0) is 6.54 Å². The van der Waals surface area contributed by atoms with Gasteiger partial charge in [0.2, 0.25) is 0 Å². The summed E-state index contributed by atoms with van der Waals surface area (Å²) in [5, 5.41) is 3.31. The molecule has 0 atom stereocenters. The van der Waals surface area contributed by atoms with E-state index in [-0.39, 0.29) is 0 Å². The molecule has 1 heterocycles. The highest BCUT2D eigenvalue weighted by atomic mass is 14.8. The fraction of sp³-hybridized carbons (Fsp3) is 0.231. The van der Waals surface area contributed by atoms with E-state index in [0.717, 1.165) is 24.3 Å². The summed E-state index contributed by atoms with van der Waals surface area (Å²) in [7, 11) is 0. The largest absolute Gasteiger partial charge is 0.313 e. The van der Waals surface area contributed by atoms with Crippen LogP contribution in [0.2, 0.25) is 0 Å². The Morgan fingerprint density at radius 3 is 2.94 bits per heavy atom. The van der Waals surface area contributed by atoms with Gasteiger partial charge in [-0.15, -0.1) is 0 Å². The molecule has 0 fully saturated rings. The van der Waals surface area contributed by atoms with Crippen LogP contribution in [0.1, 0.15) is 12.5 Å². The molecular weight excluding hydrogens is 198 g/mol. The SMILES string of the molecule is CCNCc1cccc(-c2cnccn2)c1. The molecule has 3 nitrogen and oxygen atoms in total. The van der Waals surface area contributed by atoms with Gasteiger partial charge in [-0.3, -0.25) is 9.97 Å². The first-order valence-electron chi connectivity index (χ1n) is 5.46. The minimum Gasteiger partial charge on any atom is -0.313 e. The summed E-state index contributed by atoms with van der Waals surface area (Å²) < 4.78 is 0. The maximum atomic E-state index is 4.29. The van der Waals surface area contributed by atoms with E-state index in [1.807, 2.05) is 0 Å². The zero-order valence-electron chi connectivity index (χ0n) is 9.35. The predicted octanol–water partition coefficient (Wildman–Crippen LogP) is 2.25. The van der Waals surface area contributed by atoms with Gasteiger partial charge in [0.25, 0.3) is 0 Å². The van der Waals surface area contributed by atoms with Crippen molar-refractivity contribution in [2.24, 2.45) is 0 Å². The summed E-state index contributed by atoms with van der Waals surface area (Å²) >= 11 is 0. The van der Waals surface area contributed by atoms with Gasteiger partial charge in [-0.1, -0.05) is 25.1 Å². The first-order valence-corrected chi connectivity index (χ1v) is 5.46. The van der Waals surface area contributed by atoms with Crippen molar-refractivity contribution in [3.8, 4) is 11.3 Å². The Balaban J connectivity index is 2.22. The summed E-state index contributed by atoms with van der Waals surface area (Å²) in [6, 6.07) is 8.37. The number of nitrogens with one attached hydrogen (secondary N) is 1. The molecule has 0 unspecified atom stereocenters. The van der Waals surface area contributed by atoms with Crippen molar-refractivity contribution < 1.29 is 0 Å². The minimum atomic E-state index is 0.893. The van der Waals surface area contributed by atoms with Crippen LogP contribution in [0.3, 0.4) is 0 Å². The number of benzene rings is 1. The molecule has 0 aliphatic carbocycles. The predicted molar refractivity (Wildman–Crippen MR) is 64.8 cm³/mol. The van der Waals surface area contributed by atoms with E-state index < -0.39 is 0 Å². The lowest BCUT2D eigenvalue weighted by Gasteiger charge is -2.04. The van der Waals surface area contributed by atoms with Crippen molar-refractivity contribution >= 4 is 0 Å². The van der Waals surface area contributed by atoms with E-state index in [1.165, 1.54) is 5.56 Å². The van der Waals surface area contributed by atoms with Gasteiger partial charge in [-0.05, 0) is 18.2 Å². The first-order chi connectivity index (χ1) is 7.90. The van der Waals surface area contributed by atoms with E-state index in [1.54, 1.807) is 18.6 Å². The van der Waals surface area contributed by atoms with Crippen molar-refractivity contribution in [2.45, 2.75) is 13.5 Å². The van der Waals surface area contributed by atoms with Gasteiger partial charge in [0.1, 0.15) is 0 Å². The van der Waals surface area contributed by atoms with Crippen LogP contribution in [0.15, 0.2) is 42.9 Å². The lowest BCUT2D eigenvalue weighted by atomic mass is 10.1. The standard InChI is InChI=1S/C13H15N3/c1-2-14-9-11-4-3-5-12(8-11)13-10-15-6-7-16-13/h3-8,10,14H,2,9H2,1H3. The molecule has 0 amide bonds. The molecule has 2 aromatic rings. The maximum Gasteiger partial charge on any atom is 0.0885 e. The molecule has 3 heteroatoms. The number of hydrogen-bond acceptors (Lipinski definition) is 3. The first kappa shape index (κ1) is 10.8. The van der Waals surface area contributed by atoms with Crippen LogP contribution < -0.4 is 5.32 Å². The van der Waals surface area contributed by atoms with Crippen molar-refractivity contribution in [1.29, 1.82) is 0 Å². The fourth-order valence-corrected chi connectivity index (χ4v) is 1.56. The molecule has 82 valence electrons. The second-order valence-electron chi connectivity index (χ2n) is 3.57. The van der Waals surface area contributed by atoms with Crippen LogP contribution >= 0.6 is 0 Å². The molecule has 0 saturated heterocycles. The van der Waals surface area contributed by atoms with Gasteiger partial charge in [-0.2, -0.15) is 0 Å². The molecule has 16 heavy (non-hydrogen) atoms. The van der Waals surface area contributed by atoms with Crippen LogP contribution in [0.4, 0.5) is 0 Å².